The van der Waals surface area contributed by atoms with Gasteiger partial charge in [-0.25, -0.2) is 0 Å². The molecule has 1 rings (SSSR count). The molecule has 1 fully saturated rings. The van der Waals surface area contributed by atoms with Gasteiger partial charge in [-0.1, -0.05) is 35.4 Å². The van der Waals surface area contributed by atoms with Crippen LogP contribution in [0.25, 0.3) is 0 Å². The first kappa shape index (κ1) is 8.78. The van der Waals surface area contributed by atoms with Crippen LogP contribution in [0, 0.1) is 0 Å². The summed E-state index contributed by atoms with van der Waals surface area (Å²) in [5.74, 6) is 0. The maximum atomic E-state index is 5.73. The van der Waals surface area contributed by atoms with Crippen molar-refractivity contribution in [1.82, 2.24) is 0 Å². The first-order valence-corrected chi connectivity index (χ1v) is 5.55. The van der Waals surface area contributed by atoms with E-state index in [-0.39, 0.29) is 5.60 Å². The molecule has 0 aromatic rings. The highest BCUT2D eigenvalue weighted by molar-refractivity contribution is 14.1. The van der Waals surface area contributed by atoms with Crippen LogP contribution in [-0.4, -0.2) is 16.6 Å². The zero-order chi connectivity index (χ0) is 7.45. The number of rotatable bonds is 3. The molecule has 0 amide bonds. The van der Waals surface area contributed by atoms with Crippen LogP contribution < -0.4 is 0 Å². The summed E-state index contributed by atoms with van der Waals surface area (Å²) in [5.41, 5.74) is 0.273. The minimum Gasteiger partial charge on any atom is -0.374 e. The summed E-state index contributed by atoms with van der Waals surface area (Å²) >= 11 is 2.44. The van der Waals surface area contributed by atoms with Gasteiger partial charge in [0.05, 0.1) is 5.60 Å². The Kier molecular flexibility index (Phi) is 3.43. The lowest BCUT2D eigenvalue weighted by Crippen LogP contribution is -2.30. The van der Waals surface area contributed by atoms with E-state index in [1.54, 1.807) is 0 Å². The standard InChI is InChI=1S/C8H15IO/c1-2-10-8(7-9)5-3-4-6-8/h2-7H2,1H3. The highest BCUT2D eigenvalue weighted by Gasteiger charge is 2.32. The molecule has 0 heterocycles. The average Bonchev–Trinajstić information content (AvgIpc) is 2.39. The van der Waals surface area contributed by atoms with Gasteiger partial charge in [0.15, 0.2) is 0 Å². The summed E-state index contributed by atoms with van der Waals surface area (Å²) in [7, 11) is 0. The summed E-state index contributed by atoms with van der Waals surface area (Å²) in [6.07, 6.45) is 5.29. The van der Waals surface area contributed by atoms with E-state index in [4.69, 9.17) is 4.74 Å². The largest absolute Gasteiger partial charge is 0.374 e. The molecule has 0 saturated heterocycles. The van der Waals surface area contributed by atoms with Gasteiger partial charge in [0.25, 0.3) is 0 Å². The van der Waals surface area contributed by atoms with Crippen molar-refractivity contribution in [2.45, 2.75) is 38.2 Å². The van der Waals surface area contributed by atoms with E-state index in [0.717, 1.165) is 6.61 Å². The van der Waals surface area contributed by atoms with Gasteiger partial charge in [0, 0.05) is 11.0 Å². The summed E-state index contributed by atoms with van der Waals surface area (Å²) in [6.45, 7) is 2.97. The molecule has 10 heavy (non-hydrogen) atoms. The second-order valence-electron chi connectivity index (χ2n) is 2.96. The van der Waals surface area contributed by atoms with Crippen molar-refractivity contribution in [2.24, 2.45) is 0 Å². The SMILES string of the molecule is CCOC1(CI)CCCC1. The Morgan fingerprint density at radius 3 is 2.40 bits per heavy atom. The highest BCUT2D eigenvalue weighted by atomic mass is 127. The normalized spacial score (nSPS) is 23.4. The molecule has 0 radical (unpaired) electrons. The van der Waals surface area contributed by atoms with E-state index in [9.17, 15) is 0 Å². The minimum absolute atomic E-state index is 0.273. The monoisotopic (exact) mass is 254 g/mol. The summed E-state index contributed by atoms with van der Waals surface area (Å²) < 4.78 is 6.90. The lowest BCUT2D eigenvalue weighted by molar-refractivity contribution is -0.0126. The topological polar surface area (TPSA) is 9.23 Å². The van der Waals surface area contributed by atoms with Crippen LogP contribution in [0.5, 0.6) is 0 Å². The molecule has 0 unspecified atom stereocenters. The van der Waals surface area contributed by atoms with Gasteiger partial charge in [0.1, 0.15) is 0 Å². The zero-order valence-electron chi connectivity index (χ0n) is 6.53. The second-order valence-corrected chi connectivity index (χ2v) is 3.72. The summed E-state index contributed by atoms with van der Waals surface area (Å²) in [5, 5.41) is 0. The van der Waals surface area contributed by atoms with Crippen LogP contribution in [0.4, 0.5) is 0 Å². The fourth-order valence-electron chi connectivity index (χ4n) is 1.64. The molecular formula is C8H15IO. The molecule has 0 atom stereocenters. The molecule has 1 aliphatic carbocycles. The molecule has 0 aromatic heterocycles. The third-order valence-corrected chi connectivity index (χ3v) is 3.60. The number of hydrogen-bond donors (Lipinski definition) is 0. The maximum absolute atomic E-state index is 5.73. The van der Waals surface area contributed by atoms with Crippen LogP contribution in [0.15, 0.2) is 0 Å². The van der Waals surface area contributed by atoms with Crippen molar-refractivity contribution < 1.29 is 4.74 Å². The van der Waals surface area contributed by atoms with Gasteiger partial charge < -0.3 is 4.74 Å². The van der Waals surface area contributed by atoms with Crippen LogP contribution in [-0.2, 0) is 4.74 Å². The predicted molar refractivity (Wildman–Crippen MR) is 51.7 cm³/mol. The highest BCUT2D eigenvalue weighted by Crippen LogP contribution is 2.34. The van der Waals surface area contributed by atoms with Crippen molar-refractivity contribution >= 4 is 22.6 Å². The van der Waals surface area contributed by atoms with Gasteiger partial charge in [-0.15, -0.1) is 0 Å². The fourth-order valence-corrected chi connectivity index (χ4v) is 2.63. The van der Waals surface area contributed by atoms with Gasteiger partial charge in [-0.3, -0.25) is 0 Å². The lowest BCUT2D eigenvalue weighted by atomic mass is 10.1. The molecule has 1 nitrogen and oxygen atoms in total. The van der Waals surface area contributed by atoms with E-state index >= 15 is 0 Å². The molecule has 1 aliphatic rings. The van der Waals surface area contributed by atoms with E-state index in [1.165, 1.54) is 30.1 Å². The predicted octanol–water partition coefficient (Wildman–Crippen LogP) is 2.77. The molecule has 0 N–H and O–H groups in total. The molecular weight excluding hydrogens is 239 g/mol. The molecule has 0 aromatic carbocycles. The zero-order valence-corrected chi connectivity index (χ0v) is 8.69. The fraction of sp³-hybridized carbons (Fsp3) is 1.00. The summed E-state index contributed by atoms with van der Waals surface area (Å²) in [4.78, 5) is 0. The van der Waals surface area contributed by atoms with E-state index < -0.39 is 0 Å². The molecule has 60 valence electrons. The quantitative estimate of drug-likeness (QED) is 0.555. The number of ether oxygens (including phenoxy) is 1. The van der Waals surface area contributed by atoms with Gasteiger partial charge in [-0.2, -0.15) is 0 Å². The molecule has 2 heteroatoms. The molecule has 1 saturated carbocycles. The Hall–Kier alpha value is 0.690. The first-order chi connectivity index (χ1) is 4.83. The van der Waals surface area contributed by atoms with Crippen molar-refractivity contribution in [1.29, 1.82) is 0 Å². The number of alkyl halides is 1. The van der Waals surface area contributed by atoms with Crippen molar-refractivity contribution in [3.63, 3.8) is 0 Å². The lowest BCUT2D eigenvalue weighted by Gasteiger charge is -2.26. The Labute approximate surface area is 76.7 Å². The van der Waals surface area contributed by atoms with Crippen molar-refractivity contribution in [2.75, 3.05) is 11.0 Å². The van der Waals surface area contributed by atoms with Crippen LogP contribution >= 0.6 is 22.6 Å². The smallest absolute Gasteiger partial charge is 0.0771 e. The average molecular weight is 254 g/mol. The Morgan fingerprint density at radius 1 is 1.40 bits per heavy atom. The molecule has 0 bridgehead atoms. The summed E-state index contributed by atoms with van der Waals surface area (Å²) in [6, 6.07) is 0. The number of hydrogen-bond acceptors (Lipinski definition) is 1. The Balaban J connectivity index is 2.41. The number of halogens is 1. The van der Waals surface area contributed by atoms with Crippen molar-refractivity contribution in [3.8, 4) is 0 Å². The Morgan fingerprint density at radius 2 is 2.00 bits per heavy atom. The van der Waals surface area contributed by atoms with Crippen LogP contribution in [0.3, 0.4) is 0 Å². The van der Waals surface area contributed by atoms with Crippen molar-refractivity contribution in [3.05, 3.63) is 0 Å². The van der Waals surface area contributed by atoms with Crippen LogP contribution in [0.1, 0.15) is 32.6 Å². The first-order valence-electron chi connectivity index (χ1n) is 4.03. The second kappa shape index (κ2) is 3.90. The van der Waals surface area contributed by atoms with Gasteiger partial charge in [0.2, 0.25) is 0 Å². The molecule has 0 aliphatic heterocycles. The maximum Gasteiger partial charge on any atom is 0.0771 e. The third-order valence-electron chi connectivity index (χ3n) is 2.21. The van der Waals surface area contributed by atoms with Crippen LogP contribution in [0.2, 0.25) is 0 Å². The van der Waals surface area contributed by atoms with Gasteiger partial charge in [-0.05, 0) is 19.8 Å². The minimum atomic E-state index is 0.273. The van der Waals surface area contributed by atoms with E-state index in [0.29, 0.717) is 0 Å². The Bertz CT molecular complexity index is 97.4. The van der Waals surface area contributed by atoms with Gasteiger partial charge >= 0.3 is 0 Å². The van der Waals surface area contributed by atoms with E-state index in [1.807, 2.05) is 0 Å². The van der Waals surface area contributed by atoms with E-state index in [2.05, 4.69) is 29.5 Å². The third kappa shape index (κ3) is 1.84. The molecule has 0 spiro atoms.